The second-order valence-electron chi connectivity index (χ2n) is 9.38. The highest BCUT2D eigenvalue weighted by atomic mass is 19.1. The van der Waals surface area contributed by atoms with E-state index in [1.165, 1.54) is 6.07 Å². The third-order valence-corrected chi connectivity index (χ3v) is 5.74. The van der Waals surface area contributed by atoms with Gasteiger partial charge >= 0.3 is 0 Å². The van der Waals surface area contributed by atoms with E-state index in [0.29, 0.717) is 22.7 Å². The molecule has 0 aliphatic carbocycles. The number of anilines is 1. The Morgan fingerprint density at radius 3 is 2.54 bits per heavy atom. The second-order valence-corrected chi connectivity index (χ2v) is 9.38. The van der Waals surface area contributed by atoms with E-state index in [-0.39, 0.29) is 17.7 Å². The third-order valence-electron chi connectivity index (χ3n) is 5.74. The van der Waals surface area contributed by atoms with E-state index in [0.717, 1.165) is 22.5 Å². The minimum atomic E-state index is -0.462. The van der Waals surface area contributed by atoms with Crippen LogP contribution in [0.2, 0.25) is 0 Å². The number of hydrogen-bond donors (Lipinski definition) is 1. The number of nitrogens with zero attached hydrogens (tertiary/aromatic N) is 4. The van der Waals surface area contributed by atoms with E-state index in [1.54, 1.807) is 36.8 Å². The van der Waals surface area contributed by atoms with Gasteiger partial charge in [0.2, 0.25) is 5.91 Å². The summed E-state index contributed by atoms with van der Waals surface area (Å²) in [6.07, 6.45) is 7.00. The highest BCUT2D eigenvalue weighted by Crippen LogP contribution is 2.27. The zero-order valence-electron chi connectivity index (χ0n) is 19.6. The monoisotopic (exact) mass is 469 g/mol. The first-order valence-corrected chi connectivity index (χ1v) is 11.2. The molecule has 0 aliphatic heterocycles. The van der Waals surface area contributed by atoms with Gasteiger partial charge in [-0.05, 0) is 47.0 Å². The van der Waals surface area contributed by atoms with Crippen molar-refractivity contribution in [1.29, 1.82) is 0 Å². The maximum absolute atomic E-state index is 14.9. The average molecular weight is 470 g/mol. The first-order chi connectivity index (χ1) is 16.8. The van der Waals surface area contributed by atoms with Crippen LogP contribution in [0.3, 0.4) is 0 Å². The molecule has 0 aliphatic rings. The van der Waals surface area contributed by atoms with Gasteiger partial charge in [-0.3, -0.25) is 14.2 Å². The molecule has 4 heterocycles. The number of carbonyl (C=O) groups is 1. The Bertz CT molecular complexity index is 1520. The number of pyridine rings is 2. The first kappa shape index (κ1) is 22.5. The number of benzene rings is 1. The zero-order valence-corrected chi connectivity index (χ0v) is 19.6. The molecule has 0 fully saturated rings. The fourth-order valence-electron chi connectivity index (χ4n) is 3.82. The van der Waals surface area contributed by atoms with Gasteiger partial charge in [0.1, 0.15) is 17.2 Å². The molecule has 8 heteroatoms. The van der Waals surface area contributed by atoms with E-state index in [9.17, 15) is 9.18 Å². The molecule has 5 aromatic rings. The molecule has 0 saturated heterocycles. The lowest BCUT2D eigenvalue weighted by Crippen LogP contribution is -2.15. The summed E-state index contributed by atoms with van der Waals surface area (Å²) >= 11 is 0. The van der Waals surface area contributed by atoms with E-state index in [4.69, 9.17) is 4.52 Å². The van der Waals surface area contributed by atoms with Crippen LogP contribution in [0.4, 0.5) is 10.2 Å². The summed E-state index contributed by atoms with van der Waals surface area (Å²) < 4.78 is 22.1. The predicted octanol–water partition coefficient (Wildman–Crippen LogP) is 5.67. The van der Waals surface area contributed by atoms with Crippen molar-refractivity contribution >= 4 is 17.4 Å². The molecule has 1 amide bonds. The summed E-state index contributed by atoms with van der Waals surface area (Å²) in [6, 6.07) is 14.4. The topological polar surface area (TPSA) is 85.3 Å². The van der Waals surface area contributed by atoms with Crippen molar-refractivity contribution in [3.05, 3.63) is 90.5 Å². The molecular formula is C27H24FN5O2. The lowest BCUT2D eigenvalue weighted by Gasteiger charge is -2.12. The van der Waals surface area contributed by atoms with Crippen molar-refractivity contribution in [2.45, 2.75) is 32.6 Å². The predicted molar refractivity (Wildman–Crippen MR) is 131 cm³/mol. The third kappa shape index (κ3) is 4.68. The van der Waals surface area contributed by atoms with E-state index >= 15 is 0 Å². The van der Waals surface area contributed by atoms with E-state index in [2.05, 4.69) is 20.4 Å². The van der Waals surface area contributed by atoms with Gasteiger partial charge in [-0.15, -0.1) is 0 Å². The van der Waals surface area contributed by atoms with Crippen LogP contribution in [0.5, 0.6) is 0 Å². The minimum absolute atomic E-state index is 0.119. The summed E-state index contributed by atoms with van der Waals surface area (Å²) in [5, 5.41) is 6.54. The molecule has 0 unspecified atom stereocenters. The standard InChI is InChI=1S/C27H24FN5O2/c1-27(2,3)23-15-24(32-35-23)31-26(34)14-19-4-5-20(12-21(19)28)22-16-30-25-13-18(8-11-33(22)25)17-6-9-29-10-7-17/h4-13,15-16H,14H2,1-3H3,(H,31,32,34). The lowest BCUT2D eigenvalue weighted by molar-refractivity contribution is -0.115. The molecule has 176 valence electrons. The molecule has 1 N–H and O–H groups in total. The van der Waals surface area contributed by atoms with Gasteiger partial charge in [0.15, 0.2) is 5.82 Å². The molecule has 1 aromatic carbocycles. The van der Waals surface area contributed by atoms with Crippen LogP contribution in [0, 0.1) is 5.82 Å². The maximum atomic E-state index is 14.9. The Hall–Kier alpha value is -4.33. The van der Waals surface area contributed by atoms with Crippen LogP contribution in [0.1, 0.15) is 32.1 Å². The molecule has 5 rings (SSSR count). The van der Waals surface area contributed by atoms with Crippen LogP contribution in [0.25, 0.3) is 28.0 Å². The molecule has 0 spiro atoms. The first-order valence-electron chi connectivity index (χ1n) is 11.2. The van der Waals surface area contributed by atoms with Gasteiger partial charge in [0, 0.05) is 35.6 Å². The minimum Gasteiger partial charge on any atom is -0.359 e. The molecule has 0 radical (unpaired) electrons. The number of rotatable bonds is 5. The SMILES string of the molecule is CC(C)(C)c1cc(NC(=O)Cc2ccc(-c3cnc4cc(-c5ccncc5)ccn34)cc2F)no1. The summed E-state index contributed by atoms with van der Waals surface area (Å²) in [6.45, 7) is 5.96. The highest BCUT2D eigenvalue weighted by Gasteiger charge is 2.20. The number of amides is 1. The van der Waals surface area contributed by atoms with E-state index in [1.807, 2.05) is 55.6 Å². The molecule has 4 aromatic heterocycles. The highest BCUT2D eigenvalue weighted by molar-refractivity contribution is 5.91. The Kier molecular flexibility index (Phi) is 5.64. The summed E-state index contributed by atoms with van der Waals surface area (Å²) in [5.74, 6) is 0.137. The number of halogens is 1. The van der Waals surface area contributed by atoms with Crippen molar-refractivity contribution < 1.29 is 13.7 Å². The maximum Gasteiger partial charge on any atom is 0.230 e. The molecule has 0 bridgehead atoms. The number of imidazole rings is 1. The molecule has 35 heavy (non-hydrogen) atoms. The van der Waals surface area contributed by atoms with Crippen molar-refractivity contribution in [1.82, 2.24) is 19.5 Å². The van der Waals surface area contributed by atoms with Gasteiger partial charge < -0.3 is 9.84 Å². The van der Waals surface area contributed by atoms with Gasteiger partial charge in [-0.2, -0.15) is 0 Å². The number of nitrogens with one attached hydrogen (secondary N) is 1. The van der Waals surface area contributed by atoms with Crippen LogP contribution < -0.4 is 5.32 Å². The molecule has 0 atom stereocenters. The number of aromatic nitrogens is 4. The smallest absolute Gasteiger partial charge is 0.230 e. The van der Waals surface area contributed by atoms with Crippen LogP contribution >= 0.6 is 0 Å². The lowest BCUT2D eigenvalue weighted by atomic mass is 9.93. The Morgan fingerprint density at radius 2 is 1.83 bits per heavy atom. The van der Waals surface area contributed by atoms with Gasteiger partial charge in [0.05, 0.1) is 18.3 Å². The molecule has 7 nitrogen and oxygen atoms in total. The number of fused-ring (bicyclic) bond motifs is 1. The Labute approximate surface area is 201 Å². The number of carbonyl (C=O) groups excluding carboxylic acids is 1. The van der Waals surface area contributed by atoms with Crippen LogP contribution in [-0.4, -0.2) is 25.4 Å². The molecular weight excluding hydrogens is 445 g/mol. The molecule has 0 saturated carbocycles. The summed E-state index contributed by atoms with van der Waals surface area (Å²) in [5.41, 5.74) is 4.30. The average Bonchev–Trinajstić information content (AvgIpc) is 3.48. The fraction of sp³-hybridized carbons (Fsp3) is 0.185. The number of hydrogen-bond acceptors (Lipinski definition) is 5. The van der Waals surface area contributed by atoms with E-state index < -0.39 is 5.82 Å². The zero-order chi connectivity index (χ0) is 24.6. The van der Waals surface area contributed by atoms with Gasteiger partial charge in [-0.25, -0.2) is 9.37 Å². The Balaban J connectivity index is 1.33. The van der Waals surface area contributed by atoms with Crippen molar-refractivity contribution in [3.8, 4) is 22.4 Å². The Morgan fingerprint density at radius 1 is 1.03 bits per heavy atom. The summed E-state index contributed by atoms with van der Waals surface area (Å²) in [4.78, 5) is 21.0. The van der Waals surface area contributed by atoms with Gasteiger partial charge in [0.25, 0.3) is 0 Å². The fourth-order valence-corrected chi connectivity index (χ4v) is 3.82. The van der Waals surface area contributed by atoms with Crippen LogP contribution in [0.15, 0.2) is 77.8 Å². The normalized spacial score (nSPS) is 11.7. The second kappa shape index (κ2) is 8.79. The van der Waals surface area contributed by atoms with Crippen molar-refractivity contribution in [2.75, 3.05) is 5.32 Å². The van der Waals surface area contributed by atoms with Crippen molar-refractivity contribution in [2.24, 2.45) is 0 Å². The van der Waals surface area contributed by atoms with Crippen LogP contribution in [-0.2, 0) is 16.6 Å². The van der Waals surface area contributed by atoms with Crippen molar-refractivity contribution in [3.63, 3.8) is 0 Å². The van der Waals surface area contributed by atoms with Gasteiger partial charge in [-0.1, -0.05) is 38.1 Å². The largest absolute Gasteiger partial charge is 0.359 e. The quantitative estimate of drug-likeness (QED) is 0.359. The summed E-state index contributed by atoms with van der Waals surface area (Å²) in [7, 11) is 0.